The smallest absolute Gasteiger partial charge is 0.150 e. The van der Waals surface area contributed by atoms with E-state index in [0.717, 1.165) is 12.8 Å². The monoisotopic (exact) mass is 282 g/mol. The van der Waals surface area contributed by atoms with E-state index < -0.39 is 15.9 Å². The minimum Gasteiger partial charge on any atom is -0.392 e. The Kier molecular flexibility index (Phi) is 4.31. The Bertz CT molecular complexity index is 503. The van der Waals surface area contributed by atoms with Crippen molar-refractivity contribution in [2.24, 2.45) is 0 Å². The van der Waals surface area contributed by atoms with Gasteiger partial charge >= 0.3 is 0 Å². The zero-order chi connectivity index (χ0) is 13.9. The molecule has 1 aliphatic carbocycles. The van der Waals surface area contributed by atoms with Crippen LogP contribution in [0.5, 0.6) is 0 Å². The maximum atomic E-state index is 11.4. The van der Waals surface area contributed by atoms with Gasteiger partial charge in [0.05, 0.1) is 11.9 Å². The third-order valence-corrected chi connectivity index (χ3v) is 5.94. The van der Waals surface area contributed by atoms with Gasteiger partial charge in [0.1, 0.15) is 9.84 Å². The Balaban J connectivity index is 1.92. The molecule has 1 unspecified atom stereocenters. The molecule has 4 heteroatoms. The summed E-state index contributed by atoms with van der Waals surface area (Å²) >= 11 is 0. The first-order valence-electron chi connectivity index (χ1n) is 6.94. The molecule has 0 bridgehead atoms. The number of rotatable bonds is 7. The van der Waals surface area contributed by atoms with Gasteiger partial charge in [-0.3, -0.25) is 0 Å². The lowest BCUT2D eigenvalue weighted by Crippen LogP contribution is -2.26. The van der Waals surface area contributed by atoms with Gasteiger partial charge in [-0.15, -0.1) is 0 Å². The lowest BCUT2D eigenvalue weighted by Gasteiger charge is -2.22. The predicted molar refractivity (Wildman–Crippen MR) is 76.9 cm³/mol. The van der Waals surface area contributed by atoms with E-state index >= 15 is 0 Å². The van der Waals surface area contributed by atoms with Gasteiger partial charge < -0.3 is 5.11 Å². The van der Waals surface area contributed by atoms with Crippen LogP contribution in [0.4, 0.5) is 0 Å². The van der Waals surface area contributed by atoms with Crippen molar-refractivity contribution in [3.05, 3.63) is 35.9 Å². The molecule has 3 nitrogen and oxygen atoms in total. The van der Waals surface area contributed by atoms with Crippen molar-refractivity contribution >= 4 is 9.84 Å². The van der Waals surface area contributed by atoms with E-state index in [1.54, 1.807) is 6.92 Å². The Morgan fingerprint density at radius 3 is 2.42 bits per heavy atom. The van der Waals surface area contributed by atoms with Gasteiger partial charge in [0, 0.05) is 11.2 Å². The molecule has 0 heterocycles. The van der Waals surface area contributed by atoms with E-state index in [-0.39, 0.29) is 16.9 Å². The second kappa shape index (κ2) is 5.63. The highest BCUT2D eigenvalue weighted by Gasteiger charge is 2.49. The number of hydrogen-bond donors (Lipinski definition) is 1. The average molecular weight is 282 g/mol. The zero-order valence-corrected chi connectivity index (χ0v) is 12.2. The number of benzene rings is 1. The lowest BCUT2D eigenvalue weighted by molar-refractivity contribution is 0.121. The number of sulfone groups is 1. The van der Waals surface area contributed by atoms with Gasteiger partial charge in [0.2, 0.25) is 0 Å². The molecule has 1 aromatic rings. The van der Waals surface area contributed by atoms with Crippen LogP contribution in [-0.2, 0) is 15.3 Å². The fraction of sp³-hybridized carbons (Fsp3) is 0.600. The third kappa shape index (κ3) is 3.37. The van der Waals surface area contributed by atoms with Gasteiger partial charge in [-0.2, -0.15) is 0 Å². The van der Waals surface area contributed by atoms with Gasteiger partial charge in [0.15, 0.2) is 0 Å². The van der Waals surface area contributed by atoms with Crippen LogP contribution >= 0.6 is 0 Å². The summed E-state index contributed by atoms with van der Waals surface area (Å²) in [6, 6.07) is 10.1. The number of aliphatic hydroxyl groups is 1. The predicted octanol–water partition coefficient (Wildman–Crippen LogP) is 2.29. The molecule has 2 rings (SSSR count). The summed E-state index contributed by atoms with van der Waals surface area (Å²) in [6.45, 7) is 1.66. The van der Waals surface area contributed by atoms with Gasteiger partial charge in [0.25, 0.3) is 0 Å². The van der Waals surface area contributed by atoms with Crippen LogP contribution < -0.4 is 0 Å². The normalized spacial score (nSPS) is 19.1. The van der Waals surface area contributed by atoms with Crippen molar-refractivity contribution in [2.75, 3.05) is 11.5 Å². The van der Waals surface area contributed by atoms with Crippen LogP contribution in [0.2, 0.25) is 0 Å². The Morgan fingerprint density at radius 2 is 1.89 bits per heavy atom. The summed E-state index contributed by atoms with van der Waals surface area (Å²) in [7, 11) is -2.92. The minimum absolute atomic E-state index is 0.114. The minimum atomic E-state index is -2.92. The molecule has 106 valence electrons. The fourth-order valence-electron chi connectivity index (χ4n) is 2.64. The van der Waals surface area contributed by atoms with Crippen molar-refractivity contribution < 1.29 is 13.5 Å². The second-order valence-corrected chi connectivity index (χ2v) is 7.89. The van der Waals surface area contributed by atoms with E-state index in [0.29, 0.717) is 12.8 Å². The van der Waals surface area contributed by atoms with Crippen molar-refractivity contribution in [1.29, 1.82) is 0 Å². The van der Waals surface area contributed by atoms with Gasteiger partial charge in [-0.05, 0) is 31.2 Å². The third-order valence-electron chi connectivity index (χ3n) is 4.15. The zero-order valence-electron chi connectivity index (χ0n) is 11.4. The molecule has 0 radical (unpaired) electrons. The molecule has 0 saturated heterocycles. The summed E-state index contributed by atoms with van der Waals surface area (Å²) in [5.41, 5.74) is 1.07. The first-order valence-corrected chi connectivity index (χ1v) is 8.76. The molecule has 1 saturated carbocycles. The maximum Gasteiger partial charge on any atom is 0.150 e. The molecule has 1 N–H and O–H groups in total. The van der Waals surface area contributed by atoms with Crippen LogP contribution in [0.15, 0.2) is 30.3 Å². The highest BCUT2D eigenvalue weighted by atomic mass is 32.2. The molecule has 19 heavy (non-hydrogen) atoms. The van der Waals surface area contributed by atoms with Crippen molar-refractivity contribution in [2.45, 2.75) is 44.1 Å². The van der Waals surface area contributed by atoms with E-state index in [4.69, 9.17) is 0 Å². The summed E-state index contributed by atoms with van der Waals surface area (Å²) in [6.07, 6.45) is 2.68. The Hall–Kier alpha value is -0.870. The average Bonchev–Trinajstić information content (AvgIpc) is 3.21. The largest absolute Gasteiger partial charge is 0.392 e. The van der Waals surface area contributed by atoms with Crippen LogP contribution in [0.3, 0.4) is 0 Å². The Morgan fingerprint density at radius 1 is 1.26 bits per heavy atom. The quantitative estimate of drug-likeness (QED) is 0.835. The highest BCUT2D eigenvalue weighted by molar-refractivity contribution is 7.91. The first kappa shape index (κ1) is 14.5. The summed E-state index contributed by atoms with van der Waals surface area (Å²) in [5, 5.41) is 10.4. The van der Waals surface area contributed by atoms with E-state index in [1.807, 2.05) is 18.2 Å². The van der Waals surface area contributed by atoms with E-state index in [1.165, 1.54) is 5.56 Å². The van der Waals surface area contributed by atoms with Crippen LogP contribution in [0.1, 0.15) is 38.2 Å². The summed E-state index contributed by atoms with van der Waals surface area (Å²) < 4.78 is 22.9. The topological polar surface area (TPSA) is 54.4 Å². The van der Waals surface area contributed by atoms with Crippen LogP contribution in [-0.4, -0.2) is 31.1 Å². The molecule has 1 aromatic carbocycles. The molecule has 1 aliphatic rings. The van der Waals surface area contributed by atoms with E-state index in [2.05, 4.69) is 12.1 Å². The molecule has 0 spiro atoms. The molecule has 1 fully saturated rings. The van der Waals surface area contributed by atoms with Gasteiger partial charge in [-0.25, -0.2) is 8.42 Å². The Labute approximate surface area is 115 Å². The maximum absolute atomic E-state index is 11.4. The molecule has 0 aliphatic heterocycles. The van der Waals surface area contributed by atoms with Gasteiger partial charge in [-0.1, -0.05) is 37.3 Å². The summed E-state index contributed by atoms with van der Waals surface area (Å²) in [4.78, 5) is 0. The van der Waals surface area contributed by atoms with Crippen molar-refractivity contribution in [1.82, 2.24) is 0 Å². The van der Waals surface area contributed by atoms with Crippen LogP contribution in [0, 0.1) is 0 Å². The van der Waals surface area contributed by atoms with E-state index in [9.17, 15) is 13.5 Å². The number of hydrogen-bond acceptors (Lipinski definition) is 3. The first-order chi connectivity index (χ1) is 9.00. The molecule has 0 aromatic heterocycles. The second-order valence-electron chi connectivity index (χ2n) is 5.42. The summed E-state index contributed by atoms with van der Waals surface area (Å²) in [5.74, 6) is 0.373. The van der Waals surface area contributed by atoms with Crippen molar-refractivity contribution in [3.63, 3.8) is 0 Å². The molecular formula is C15H22O3S. The molecular weight excluding hydrogens is 260 g/mol. The van der Waals surface area contributed by atoms with Crippen molar-refractivity contribution in [3.8, 4) is 0 Å². The van der Waals surface area contributed by atoms with Crippen LogP contribution in [0.25, 0.3) is 0 Å². The fourth-order valence-corrected chi connectivity index (χ4v) is 3.53. The number of aliphatic hydroxyl groups excluding tert-OH is 1. The lowest BCUT2D eigenvalue weighted by atomic mass is 9.88. The molecule has 0 amide bonds. The highest BCUT2D eigenvalue weighted by Crippen LogP contribution is 2.51. The molecule has 1 atom stereocenters. The SMILES string of the molecule is CCS(=O)(=O)CCCC(O)C1(c2ccccc2)CC1. The standard InChI is InChI=1S/C15H22O3S/c1-2-19(17,18)12-6-9-14(16)15(10-11-15)13-7-4-3-5-8-13/h3-5,7-8,14,16H,2,6,9-12H2,1H3.